The number of hydrogen-bond donors (Lipinski definition) is 1. The highest BCUT2D eigenvalue weighted by molar-refractivity contribution is 5.56. The van der Waals surface area contributed by atoms with Crippen molar-refractivity contribution in [3.05, 3.63) is 22.3 Å². The number of nitrogens with one attached hydrogen (secondary N) is 1. The number of ether oxygens (including phenoxy) is 1. The molecule has 1 aromatic heterocycles. The molecular weight excluding hydrogens is 170 g/mol. The van der Waals surface area contributed by atoms with Crippen molar-refractivity contribution in [1.29, 1.82) is 0 Å². The standard InChI is InChI=1S/C8H7N3O2/c12-8-6-7(13-4-9-6)10-5-2-1-3-11(5)8/h1,3,9H,2,4H2. The van der Waals surface area contributed by atoms with Crippen LogP contribution in [-0.4, -0.2) is 16.3 Å². The maximum absolute atomic E-state index is 11.7. The first-order valence-electron chi connectivity index (χ1n) is 4.05. The van der Waals surface area contributed by atoms with E-state index in [0.717, 1.165) is 5.82 Å². The van der Waals surface area contributed by atoms with Crippen molar-refractivity contribution >= 4 is 11.9 Å². The van der Waals surface area contributed by atoms with Crippen molar-refractivity contribution in [3.8, 4) is 5.88 Å². The number of rotatable bonds is 0. The molecule has 3 heterocycles. The average Bonchev–Trinajstić information content (AvgIpc) is 2.71. The molecule has 2 aliphatic heterocycles. The van der Waals surface area contributed by atoms with Crippen LogP contribution in [0.2, 0.25) is 0 Å². The Morgan fingerprint density at radius 3 is 3.46 bits per heavy atom. The molecule has 5 nitrogen and oxygen atoms in total. The molecule has 3 rings (SSSR count). The highest BCUT2D eigenvalue weighted by atomic mass is 16.5. The third kappa shape index (κ3) is 0.756. The van der Waals surface area contributed by atoms with Crippen molar-refractivity contribution < 1.29 is 4.74 Å². The van der Waals surface area contributed by atoms with E-state index in [-0.39, 0.29) is 5.56 Å². The summed E-state index contributed by atoms with van der Waals surface area (Å²) in [5.74, 6) is 1.17. The summed E-state index contributed by atoms with van der Waals surface area (Å²) in [5, 5.41) is 2.85. The van der Waals surface area contributed by atoms with Gasteiger partial charge in [-0.3, -0.25) is 9.36 Å². The summed E-state index contributed by atoms with van der Waals surface area (Å²) < 4.78 is 6.68. The van der Waals surface area contributed by atoms with Gasteiger partial charge in [-0.2, -0.15) is 4.98 Å². The Labute approximate surface area is 73.7 Å². The van der Waals surface area contributed by atoms with E-state index in [2.05, 4.69) is 10.3 Å². The number of nitrogens with zero attached hydrogens (tertiary/aromatic N) is 2. The molecule has 0 aromatic carbocycles. The van der Waals surface area contributed by atoms with E-state index in [0.29, 0.717) is 24.7 Å². The fourth-order valence-corrected chi connectivity index (χ4v) is 1.55. The Bertz CT molecular complexity index is 460. The van der Waals surface area contributed by atoms with E-state index in [1.54, 1.807) is 10.8 Å². The van der Waals surface area contributed by atoms with Gasteiger partial charge < -0.3 is 10.1 Å². The maximum atomic E-state index is 11.7. The first-order valence-corrected chi connectivity index (χ1v) is 4.05. The topological polar surface area (TPSA) is 56.2 Å². The van der Waals surface area contributed by atoms with Crippen LogP contribution in [0.1, 0.15) is 5.82 Å². The van der Waals surface area contributed by atoms with Gasteiger partial charge in [-0.1, -0.05) is 6.08 Å². The lowest BCUT2D eigenvalue weighted by atomic mass is 10.4. The molecule has 0 saturated carbocycles. The second kappa shape index (κ2) is 2.12. The van der Waals surface area contributed by atoms with E-state index in [1.807, 2.05) is 6.08 Å². The number of aromatic nitrogens is 2. The highest BCUT2D eigenvalue weighted by Crippen LogP contribution is 2.23. The van der Waals surface area contributed by atoms with Gasteiger partial charge in [-0.05, 0) is 0 Å². The van der Waals surface area contributed by atoms with E-state index < -0.39 is 0 Å². The van der Waals surface area contributed by atoms with Gasteiger partial charge in [0, 0.05) is 12.6 Å². The largest absolute Gasteiger partial charge is 0.455 e. The Morgan fingerprint density at radius 2 is 2.54 bits per heavy atom. The summed E-state index contributed by atoms with van der Waals surface area (Å²) in [6.45, 7) is 0.338. The zero-order chi connectivity index (χ0) is 8.84. The third-order valence-corrected chi connectivity index (χ3v) is 2.17. The van der Waals surface area contributed by atoms with Gasteiger partial charge in [0.05, 0.1) is 0 Å². The van der Waals surface area contributed by atoms with Crippen LogP contribution in [0.3, 0.4) is 0 Å². The molecule has 0 saturated heterocycles. The molecule has 0 atom stereocenters. The minimum Gasteiger partial charge on any atom is -0.455 e. The maximum Gasteiger partial charge on any atom is 0.285 e. The molecular formula is C8H7N3O2. The molecule has 0 fully saturated rings. The molecule has 0 amide bonds. The van der Waals surface area contributed by atoms with Gasteiger partial charge in [0.15, 0.2) is 12.4 Å². The van der Waals surface area contributed by atoms with Crippen LogP contribution in [0, 0.1) is 0 Å². The summed E-state index contributed by atoms with van der Waals surface area (Å²) in [5.41, 5.74) is 0.390. The molecule has 0 bridgehead atoms. The van der Waals surface area contributed by atoms with Crippen molar-refractivity contribution in [2.24, 2.45) is 0 Å². The molecule has 13 heavy (non-hydrogen) atoms. The second-order valence-electron chi connectivity index (χ2n) is 2.94. The smallest absolute Gasteiger partial charge is 0.285 e. The lowest BCUT2D eigenvalue weighted by Gasteiger charge is -2.02. The molecule has 2 aliphatic rings. The first kappa shape index (κ1) is 6.71. The van der Waals surface area contributed by atoms with Crippen LogP contribution in [0.25, 0.3) is 6.20 Å². The Balaban J connectivity index is 2.37. The minimum atomic E-state index is -0.0775. The monoisotopic (exact) mass is 177 g/mol. The van der Waals surface area contributed by atoms with Crippen LogP contribution < -0.4 is 15.6 Å². The number of allylic oxidation sites excluding steroid dienone is 1. The zero-order valence-corrected chi connectivity index (χ0v) is 6.78. The SMILES string of the molecule is O=c1c2c(nc3n1C=CC3)OCN2. The van der Waals surface area contributed by atoms with E-state index in [9.17, 15) is 4.79 Å². The first-order chi connectivity index (χ1) is 6.36. The highest BCUT2D eigenvalue weighted by Gasteiger charge is 2.21. The van der Waals surface area contributed by atoms with Crippen LogP contribution in [-0.2, 0) is 6.42 Å². The molecule has 66 valence electrons. The number of fused-ring (bicyclic) bond motifs is 2. The lowest BCUT2D eigenvalue weighted by Crippen LogP contribution is -2.19. The average molecular weight is 177 g/mol. The Hall–Kier alpha value is -1.78. The Kier molecular flexibility index (Phi) is 1.10. The van der Waals surface area contributed by atoms with Crippen LogP contribution in [0.5, 0.6) is 5.88 Å². The molecule has 5 heteroatoms. The molecule has 0 spiro atoms. The summed E-state index contributed by atoms with van der Waals surface area (Å²) in [6, 6.07) is 0. The van der Waals surface area contributed by atoms with Crippen molar-refractivity contribution in [2.45, 2.75) is 6.42 Å². The van der Waals surface area contributed by atoms with Gasteiger partial charge in [-0.25, -0.2) is 0 Å². The van der Waals surface area contributed by atoms with Gasteiger partial charge in [0.1, 0.15) is 5.82 Å². The Morgan fingerprint density at radius 1 is 1.62 bits per heavy atom. The normalized spacial score (nSPS) is 16.3. The van der Waals surface area contributed by atoms with Crippen LogP contribution >= 0.6 is 0 Å². The predicted molar refractivity (Wildman–Crippen MR) is 46.6 cm³/mol. The summed E-state index contributed by atoms with van der Waals surface area (Å²) in [4.78, 5) is 15.9. The molecule has 1 aromatic rings. The fraction of sp³-hybridized carbons (Fsp3) is 0.250. The molecule has 1 N–H and O–H groups in total. The summed E-state index contributed by atoms with van der Waals surface area (Å²) in [7, 11) is 0. The fourth-order valence-electron chi connectivity index (χ4n) is 1.55. The predicted octanol–water partition coefficient (Wildman–Crippen LogP) is 0.0319. The molecule has 0 radical (unpaired) electrons. The van der Waals surface area contributed by atoms with Gasteiger partial charge in [-0.15, -0.1) is 0 Å². The van der Waals surface area contributed by atoms with Crippen LogP contribution in [0.4, 0.5) is 5.69 Å². The second-order valence-corrected chi connectivity index (χ2v) is 2.94. The quantitative estimate of drug-likeness (QED) is 0.607. The number of anilines is 1. The lowest BCUT2D eigenvalue weighted by molar-refractivity contribution is 0.357. The van der Waals surface area contributed by atoms with E-state index in [4.69, 9.17) is 4.74 Å². The van der Waals surface area contributed by atoms with Gasteiger partial charge >= 0.3 is 0 Å². The van der Waals surface area contributed by atoms with Gasteiger partial charge in [0.2, 0.25) is 5.88 Å². The van der Waals surface area contributed by atoms with Gasteiger partial charge in [0.25, 0.3) is 5.56 Å². The van der Waals surface area contributed by atoms with Crippen molar-refractivity contribution in [2.75, 3.05) is 12.0 Å². The molecule has 0 aliphatic carbocycles. The van der Waals surface area contributed by atoms with E-state index in [1.165, 1.54) is 0 Å². The summed E-state index contributed by atoms with van der Waals surface area (Å²) in [6.07, 6.45) is 4.34. The van der Waals surface area contributed by atoms with Crippen LogP contribution in [0.15, 0.2) is 10.9 Å². The summed E-state index contributed by atoms with van der Waals surface area (Å²) >= 11 is 0. The van der Waals surface area contributed by atoms with E-state index >= 15 is 0 Å². The zero-order valence-electron chi connectivity index (χ0n) is 6.78. The minimum absolute atomic E-state index is 0.0775. The third-order valence-electron chi connectivity index (χ3n) is 2.17. The van der Waals surface area contributed by atoms with Crippen molar-refractivity contribution in [3.63, 3.8) is 0 Å². The van der Waals surface area contributed by atoms with Crippen molar-refractivity contribution in [1.82, 2.24) is 9.55 Å². The number of hydrogen-bond acceptors (Lipinski definition) is 4. The molecule has 0 unspecified atom stereocenters.